The van der Waals surface area contributed by atoms with Gasteiger partial charge in [0.25, 0.3) is 0 Å². The first kappa shape index (κ1) is 16.0. The molecular weight excluding hydrogens is 315 g/mol. The highest BCUT2D eigenvalue weighted by atomic mass is 19.1. The van der Waals surface area contributed by atoms with Gasteiger partial charge in [0.2, 0.25) is 5.91 Å². The maximum atomic E-state index is 13.7. The van der Waals surface area contributed by atoms with E-state index in [0.29, 0.717) is 11.8 Å². The van der Waals surface area contributed by atoms with Crippen molar-refractivity contribution in [1.82, 2.24) is 10.2 Å². The molecular formula is C21H21FN2O. The Morgan fingerprint density at radius 3 is 2.76 bits per heavy atom. The van der Waals surface area contributed by atoms with E-state index in [1.807, 2.05) is 47.4 Å². The summed E-state index contributed by atoms with van der Waals surface area (Å²) in [4.78, 5) is 14.8. The lowest BCUT2D eigenvalue weighted by Gasteiger charge is -2.27. The molecule has 2 fully saturated rings. The summed E-state index contributed by atoms with van der Waals surface area (Å²) in [5.41, 5.74) is 1.89. The maximum Gasteiger partial charge on any atom is 0.247 e. The summed E-state index contributed by atoms with van der Waals surface area (Å²) in [5.74, 6) is 0.518. The number of nitrogens with zero attached hydrogens (tertiary/aromatic N) is 1. The summed E-state index contributed by atoms with van der Waals surface area (Å²) in [7, 11) is 0. The van der Waals surface area contributed by atoms with Gasteiger partial charge >= 0.3 is 0 Å². The molecule has 0 saturated carbocycles. The van der Waals surface area contributed by atoms with Crippen LogP contribution in [-0.2, 0) is 4.79 Å². The van der Waals surface area contributed by atoms with Gasteiger partial charge in [-0.2, -0.15) is 0 Å². The van der Waals surface area contributed by atoms with Gasteiger partial charge in [-0.1, -0.05) is 42.5 Å². The van der Waals surface area contributed by atoms with Gasteiger partial charge in [-0.05, 0) is 35.3 Å². The van der Waals surface area contributed by atoms with Crippen molar-refractivity contribution in [3.05, 3.63) is 77.6 Å². The minimum Gasteiger partial charge on any atom is -0.331 e. The maximum absolute atomic E-state index is 13.7. The quantitative estimate of drug-likeness (QED) is 0.873. The zero-order valence-corrected chi connectivity index (χ0v) is 13.9. The van der Waals surface area contributed by atoms with Crippen molar-refractivity contribution in [2.75, 3.05) is 19.6 Å². The summed E-state index contributed by atoms with van der Waals surface area (Å²) < 4.78 is 13.7. The summed E-state index contributed by atoms with van der Waals surface area (Å²) in [6.07, 6.45) is 3.48. The number of nitrogens with one attached hydrogen (secondary N) is 1. The second-order valence-electron chi connectivity index (χ2n) is 6.82. The molecule has 2 saturated heterocycles. The number of rotatable bonds is 3. The second-order valence-corrected chi connectivity index (χ2v) is 6.82. The van der Waals surface area contributed by atoms with Gasteiger partial charge in [0, 0.05) is 31.6 Å². The summed E-state index contributed by atoms with van der Waals surface area (Å²) in [6.45, 7) is 2.51. The average molecular weight is 336 g/mol. The van der Waals surface area contributed by atoms with Crippen LogP contribution in [0.15, 0.2) is 60.7 Å². The van der Waals surface area contributed by atoms with Crippen LogP contribution in [0.5, 0.6) is 0 Å². The third kappa shape index (κ3) is 3.22. The molecule has 0 bridgehead atoms. The number of hydrogen-bond acceptors (Lipinski definition) is 2. The molecule has 0 aliphatic carbocycles. The van der Waals surface area contributed by atoms with Crippen LogP contribution in [0.25, 0.3) is 6.08 Å². The van der Waals surface area contributed by atoms with E-state index in [-0.39, 0.29) is 17.8 Å². The van der Waals surface area contributed by atoms with Crippen LogP contribution in [0.1, 0.15) is 17.2 Å². The van der Waals surface area contributed by atoms with E-state index in [1.54, 1.807) is 18.2 Å². The zero-order chi connectivity index (χ0) is 17.2. The molecule has 3 nitrogen and oxygen atoms in total. The SMILES string of the molecule is O=C(C=Cc1ccccc1)N1C[C@@H]2CNC[C@@H]2[C@H]1c1cccc(F)c1. The number of halogens is 1. The minimum absolute atomic E-state index is 0.00693. The third-order valence-electron chi connectivity index (χ3n) is 5.26. The Kier molecular flexibility index (Phi) is 4.36. The Bertz CT molecular complexity index is 789. The summed E-state index contributed by atoms with van der Waals surface area (Å²) >= 11 is 0. The third-order valence-corrected chi connectivity index (χ3v) is 5.26. The van der Waals surface area contributed by atoms with Crippen LogP contribution in [0, 0.1) is 17.7 Å². The van der Waals surface area contributed by atoms with Crippen LogP contribution >= 0.6 is 0 Å². The van der Waals surface area contributed by atoms with Crippen molar-refractivity contribution in [3.8, 4) is 0 Å². The first-order valence-corrected chi connectivity index (χ1v) is 8.72. The van der Waals surface area contributed by atoms with Gasteiger partial charge in [-0.25, -0.2) is 4.39 Å². The molecule has 2 aliphatic heterocycles. The van der Waals surface area contributed by atoms with E-state index in [2.05, 4.69) is 5.32 Å². The molecule has 4 heteroatoms. The Morgan fingerprint density at radius 2 is 1.96 bits per heavy atom. The molecule has 2 aliphatic rings. The minimum atomic E-state index is -0.251. The fourth-order valence-electron chi connectivity index (χ4n) is 4.09. The predicted molar refractivity (Wildman–Crippen MR) is 96.2 cm³/mol. The molecule has 2 aromatic rings. The Hall–Kier alpha value is -2.46. The molecule has 0 unspecified atom stereocenters. The van der Waals surface area contributed by atoms with Gasteiger partial charge in [-0.3, -0.25) is 4.79 Å². The molecule has 2 aromatic carbocycles. The lowest BCUT2D eigenvalue weighted by atomic mass is 9.89. The lowest BCUT2D eigenvalue weighted by Crippen LogP contribution is -2.33. The Balaban J connectivity index is 1.60. The fraction of sp³-hybridized carbons (Fsp3) is 0.286. The summed E-state index contributed by atoms with van der Waals surface area (Å²) in [6, 6.07) is 16.4. The normalized spacial score (nSPS) is 25.5. The number of carbonyl (C=O) groups is 1. The standard InChI is InChI=1S/C21H21FN2O/c22-18-8-4-7-16(11-18)21-19-13-23-12-17(19)14-24(21)20(25)10-9-15-5-2-1-3-6-15/h1-11,17,19,21,23H,12-14H2/t17-,19-,21+/m0/s1. The largest absolute Gasteiger partial charge is 0.331 e. The van der Waals surface area contributed by atoms with E-state index in [9.17, 15) is 9.18 Å². The van der Waals surface area contributed by atoms with Gasteiger partial charge < -0.3 is 10.2 Å². The number of fused-ring (bicyclic) bond motifs is 1. The number of benzene rings is 2. The molecule has 0 aromatic heterocycles. The van der Waals surface area contributed by atoms with Crippen molar-refractivity contribution >= 4 is 12.0 Å². The summed E-state index contributed by atoms with van der Waals surface area (Å²) in [5, 5.41) is 3.41. The van der Waals surface area contributed by atoms with Crippen molar-refractivity contribution in [3.63, 3.8) is 0 Å². The van der Waals surface area contributed by atoms with Crippen LogP contribution in [0.2, 0.25) is 0 Å². The highest BCUT2D eigenvalue weighted by Gasteiger charge is 2.46. The first-order chi connectivity index (χ1) is 12.2. The number of likely N-dealkylation sites (tertiary alicyclic amines) is 1. The molecule has 0 spiro atoms. The van der Waals surface area contributed by atoms with Crippen LogP contribution in [-0.4, -0.2) is 30.4 Å². The van der Waals surface area contributed by atoms with Crippen molar-refractivity contribution < 1.29 is 9.18 Å². The smallest absolute Gasteiger partial charge is 0.247 e. The van der Waals surface area contributed by atoms with Crippen molar-refractivity contribution in [1.29, 1.82) is 0 Å². The monoisotopic (exact) mass is 336 g/mol. The topological polar surface area (TPSA) is 32.3 Å². The van der Waals surface area contributed by atoms with Gasteiger partial charge in [0.15, 0.2) is 0 Å². The highest BCUT2D eigenvalue weighted by Crippen LogP contribution is 2.42. The van der Waals surface area contributed by atoms with Crippen LogP contribution < -0.4 is 5.32 Å². The van der Waals surface area contributed by atoms with Crippen molar-refractivity contribution in [2.45, 2.75) is 6.04 Å². The molecule has 128 valence electrons. The molecule has 1 N–H and O–H groups in total. The number of carbonyl (C=O) groups excluding carboxylic acids is 1. The molecule has 2 heterocycles. The lowest BCUT2D eigenvalue weighted by molar-refractivity contribution is -0.127. The average Bonchev–Trinajstić information content (AvgIpc) is 3.21. The van der Waals surface area contributed by atoms with E-state index in [0.717, 1.165) is 30.8 Å². The van der Waals surface area contributed by atoms with E-state index in [4.69, 9.17) is 0 Å². The zero-order valence-electron chi connectivity index (χ0n) is 13.9. The highest BCUT2D eigenvalue weighted by molar-refractivity contribution is 5.92. The number of amides is 1. The number of hydrogen-bond donors (Lipinski definition) is 1. The van der Waals surface area contributed by atoms with Gasteiger partial charge in [-0.15, -0.1) is 0 Å². The molecule has 25 heavy (non-hydrogen) atoms. The van der Waals surface area contributed by atoms with Gasteiger partial charge in [0.05, 0.1) is 6.04 Å². The molecule has 3 atom stereocenters. The Labute approximate surface area is 147 Å². The fourth-order valence-corrected chi connectivity index (χ4v) is 4.09. The second kappa shape index (κ2) is 6.81. The van der Waals surface area contributed by atoms with E-state index in [1.165, 1.54) is 6.07 Å². The van der Waals surface area contributed by atoms with E-state index < -0.39 is 0 Å². The van der Waals surface area contributed by atoms with Gasteiger partial charge in [0.1, 0.15) is 5.82 Å². The van der Waals surface area contributed by atoms with Crippen LogP contribution in [0.4, 0.5) is 4.39 Å². The van der Waals surface area contributed by atoms with Crippen molar-refractivity contribution in [2.24, 2.45) is 11.8 Å². The molecule has 4 rings (SSSR count). The Morgan fingerprint density at radius 1 is 1.12 bits per heavy atom. The van der Waals surface area contributed by atoms with Crippen LogP contribution in [0.3, 0.4) is 0 Å². The molecule has 1 amide bonds. The van der Waals surface area contributed by atoms with E-state index >= 15 is 0 Å². The predicted octanol–water partition coefficient (Wildman–Crippen LogP) is 3.26. The molecule has 0 radical (unpaired) electrons. The first-order valence-electron chi connectivity index (χ1n) is 8.72.